The topological polar surface area (TPSA) is 46.2 Å². The van der Waals surface area contributed by atoms with Crippen LogP contribution in [0.3, 0.4) is 0 Å². The van der Waals surface area contributed by atoms with Gasteiger partial charge in [0, 0.05) is 16.8 Å². The standard InChI is InChI=1S/C17H19NO2/c1-10(19)14-13(9-12-15(14)17(12,2)3)18-16(20)11-7-5-4-6-8-11/h4-8,12,15H,9H2,1-3H3,(H,18,20)/t12-,15-/m0/s1. The highest BCUT2D eigenvalue weighted by molar-refractivity contribution is 6.00. The zero-order chi connectivity index (χ0) is 14.5. The highest BCUT2D eigenvalue weighted by atomic mass is 16.1. The molecule has 0 heterocycles. The normalized spacial score (nSPS) is 26.1. The molecular formula is C17H19NO2. The Kier molecular flexibility index (Phi) is 2.82. The van der Waals surface area contributed by atoms with Crippen LogP contribution < -0.4 is 5.32 Å². The molecule has 20 heavy (non-hydrogen) atoms. The summed E-state index contributed by atoms with van der Waals surface area (Å²) in [7, 11) is 0. The maximum absolute atomic E-state index is 12.2. The minimum Gasteiger partial charge on any atom is -0.325 e. The SMILES string of the molecule is CC(=O)C1=C(NC(=O)c2ccccc2)C[C@H]2[C@@H]1C2(C)C. The second-order valence-corrected chi connectivity index (χ2v) is 6.38. The monoisotopic (exact) mass is 269 g/mol. The molecule has 0 aliphatic heterocycles. The molecule has 0 unspecified atom stereocenters. The van der Waals surface area contributed by atoms with Gasteiger partial charge in [-0.25, -0.2) is 0 Å². The highest BCUT2D eigenvalue weighted by Gasteiger charge is 2.63. The molecule has 2 atom stereocenters. The second kappa shape index (κ2) is 4.30. The van der Waals surface area contributed by atoms with Gasteiger partial charge in [0.1, 0.15) is 0 Å². The Morgan fingerprint density at radius 3 is 2.45 bits per heavy atom. The molecule has 0 aromatic heterocycles. The van der Waals surface area contributed by atoms with Crippen molar-refractivity contribution in [3.05, 3.63) is 47.2 Å². The number of hydrogen-bond donors (Lipinski definition) is 1. The largest absolute Gasteiger partial charge is 0.325 e. The fourth-order valence-electron chi connectivity index (χ4n) is 3.56. The Hall–Kier alpha value is -1.90. The first kappa shape index (κ1) is 13.1. The molecule has 2 aliphatic rings. The number of allylic oxidation sites excluding steroid dienone is 2. The molecule has 1 fully saturated rings. The maximum atomic E-state index is 12.2. The van der Waals surface area contributed by atoms with Crippen molar-refractivity contribution in [1.82, 2.24) is 5.32 Å². The molecular weight excluding hydrogens is 250 g/mol. The summed E-state index contributed by atoms with van der Waals surface area (Å²) < 4.78 is 0. The number of amides is 1. The minimum atomic E-state index is -0.126. The van der Waals surface area contributed by atoms with Crippen molar-refractivity contribution in [2.45, 2.75) is 27.2 Å². The van der Waals surface area contributed by atoms with Crippen LogP contribution in [0.1, 0.15) is 37.6 Å². The number of hydrogen-bond acceptors (Lipinski definition) is 2. The Bertz CT molecular complexity index is 613. The predicted octanol–water partition coefficient (Wildman–Crippen LogP) is 2.94. The van der Waals surface area contributed by atoms with E-state index in [4.69, 9.17) is 0 Å². The van der Waals surface area contributed by atoms with E-state index < -0.39 is 0 Å². The van der Waals surface area contributed by atoms with Crippen LogP contribution in [0.4, 0.5) is 0 Å². The van der Waals surface area contributed by atoms with Gasteiger partial charge in [0.2, 0.25) is 0 Å². The van der Waals surface area contributed by atoms with Crippen LogP contribution in [0.5, 0.6) is 0 Å². The minimum absolute atomic E-state index is 0.0893. The number of carbonyl (C=O) groups excluding carboxylic acids is 2. The van der Waals surface area contributed by atoms with Gasteiger partial charge in [-0.2, -0.15) is 0 Å². The zero-order valence-corrected chi connectivity index (χ0v) is 12.1. The average molecular weight is 269 g/mol. The lowest BCUT2D eigenvalue weighted by atomic mass is 9.96. The summed E-state index contributed by atoms with van der Waals surface area (Å²) in [6.07, 6.45) is 0.811. The summed E-state index contributed by atoms with van der Waals surface area (Å²) in [4.78, 5) is 24.1. The third-order valence-corrected chi connectivity index (χ3v) is 4.79. The van der Waals surface area contributed by atoms with Crippen molar-refractivity contribution < 1.29 is 9.59 Å². The van der Waals surface area contributed by atoms with E-state index in [0.717, 1.165) is 17.7 Å². The smallest absolute Gasteiger partial charge is 0.255 e. The Morgan fingerprint density at radius 2 is 1.85 bits per heavy atom. The number of benzene rings is 1. The van der Waals surface area contributed by atoms with Crippen molar-refractivity contribution in [1.29, 1.82) is 0 Å². The second-order valence-electron chi connectivity index (χ2n) is 6.38. The molecule has 1 aromatic carbocycles. The van der Waals surface area contributed by atoms with E-state index in [1.807, 2.05) is 18.2 Å². The molecule has 3 nitrogen and oxygen atoms in total. The van der Waals surface area contributed by atoms with Crippen LogP contribution in [0.15, 0.2) is 41.6 Å². The quantitative estimate of drug-likeness (QED) is 0.917. The molecule has 1 aromatic rings. The molecule has 0 radical (unpaired) electrons. The van der Waals surface area contributed by atoms with Crippen molar-refractivity contribution in [2.75, 3.05) is 0 Å². The number of fused-ring (bicyclic) bond motifs is 1. The Morgan fingerprint density at radius 1 is 1.20 bits per heavy atom. The Labute approximate surface area is 119 Å². The molecule has 1 amide bonds. The number of carbonyl (C=O) groups is 2. The number of Topliss-reactive ketones (excluding diaryl/α,β-unsaturated/α-hetero) is 1. The first-order valence-corrected chi connectivity index (χ1v) is 7.03. The van der Waals surface area contributed by atoms with E-state index in [2.05, 4.69) is 19.2 Å². The molecule has 2 aliphatic carbocycles. The van der Waals surface area contributed by atoms with Crippen molar-refractivity contribution in [2.24, 2.45) is 17.3 Å². The van der Waals surface area contributed by atoms with Crippen molar-refractivity contribution in [3.63, 3.8) is 0 Å². The molecule has 0 spiro atoms. The Balaban J connectivity index is 1.84. The molecule has 1 N–H and O–H groups in total. The summed E-state index contributed by atoms with van der Waals surface area (Å²) in [5.41, 5.74) is 2.51. The van der Waals surface area contributed by atoms with Crippen LogP contribution in [-0.2, 0) is 4.79 Å². The van der Waals surface area contributed by atoms with Gasteiger partial charge in [0.25, 0.3) is 5.91 Å². The van der Waals surface area contributed by atoms with Crippen LogP contribution in [0.2, 0.25) is 0 Å². The van der Waals surface area contributed by atoms with E-state index in [1.165, 1.54) is 0 Å². The van der Waals surface area contributed by atoms with Gasteiger partial charge in [-0.1, -0.05) is 32.0 Å². The summed E-state index contributed by atoms with van der Waals surface area (Å²) in [6.45, 7) is 5.99. The van der Waals surface area contributed by atoms with Gasteiger partial charge >= 0.3 is 0 Å². The first-order chi connectivity index (χ1) is 9.43. The maximum Gasteiger partial charge on any atom is 0.255 e. The lowest BCUT2D eigenvalue weighted by Crippen LogP contribution is -2.25. The average Bonchev–Trinajstić information content (AvgIpc) is 2.77. The van der Waals surface area contributed by atoms with Crippen LogP contribution in [-0.4, -0.2) is 11.7 Å². The van der Waals surface area contributed by atoms with Gasteiger partial charge in [-0.3, -0.25) is 9.59 Å². The zero-order valence-electron chi connectivity index (χ0n) is 12.1. The van der Waals surface area contributed by atoms with E-state index in [0.29, 0.717) is 17.4 Å². The molecule has 104 valence electrons. The lowest BCUT2D eigenvalue weighted by Gasteiger charge is -2.15. The van der Waals surface area contributed by atoms with Crippen molar-refractivity contribution in [3.8, 4) is 0 Å². The molecule has 3 rings (SSSR count). The molecule has 1 saturated carbocycles. The van der Waals surface area contributed by atoms with Gasteiger partial charge in [0.05, 0.1) is 0 Å². The summed E-state index contributed by atoms with van der Waals surface area (Å²) in [5, 5.41) is 2.95. The third kappa shape index (κ3) is 1.89. The molecule has 0 saturated heterocycles. The van der Waals surface area contributed by atoms with Gasteiger partial charge in [-0.05, 0) is 42.7 Å². The number of nitrogens with one attached hydrogen (secondary N) is 1. The lowest BCUT2D eigenvalue weighted by molar-refractivity contribution is -0.114. The van der Waals surface area contributed by atoms with Gasteiger partial charge < -0.3 is 5.32 Å². The van der Waals surface area contributed by atoms with E-state index >= 15 is 0 Å². The predicted molar refractivity (Wildman–Crippen MR) is 77.0 cm³/mol. The fourth-order valence-corrected chi connectivity index (χ4v) is 3.56. The summed E-state index contributed by atoms with van der Waals surface area (Å²) >= 11 is 0. The highest BCUT2D eigenvalue weighted by Crippen LogP contribution is 2.68. The van der Waals surface area contributed by atoms with Crippen LogP contribution in [0.25, 0.3) is 0 Å². The summed E-state index contributed by atoms with van der Waals surface area (Å²) in [5.74, 6) is 0.795. The van der Waals surface area contributed by atoms with Gasteiger partial charge in [0.15, 0.2) is 5.78 Å². The fraction of sp³-hybridized carbons (Fsp3) is 0.412. The van der Waals surface area contributed by atoms with Gasteiger partial charge in [-0.15, -0.1) is 0 Å². The van der Waals surface area contributed by atoms with E-state index in [9.17, 15) is 9.59 Å². The number of rotatable bonds is 3. The molecule has 3 heteroatoms. The van der Waals surface area contributed by atoms with Crippen molar-refractivity contribution >= 4 is 11.7 Å². The number of ketones is 1. The molecule has 0 bridgehead atoms. The van der Waals surface area contributed by atoms with E-state index in [1.54, 1.807) is 19.1 Å². The third-order valence-electron chi connectivity index (χ3n) is 4.79. The summed E-state index contributed by atoms with van der Waals surface area (Å²) in [6, 6.07) is 9.12. The van der Waals surface area contributed by atoms with Crippen LogP contribution >= 0.6 is 0 Å². The van der Waals surface area contributed by atoms with Crippen LogP contribution in [0, 0.1) is 17.3 Å². The first-order valence-electron chi connectivity index (χ1n) is 7.03. The van der Waals surface area contributed by atoms with E-state index in [-0.39, 0.29) is 17.1 Å².